The van der Waals surface area contributed by atoms with Gasteiger partial charge in [0.05, 0.1) is 6.26 Å². The molecule has 2 heteroatoms. The molecule has 0 radical (unpaired) electrons. The Kier molecular flexibility index (Phi) is 4.05. The van der Waals surface area contributed by atoms with Gasteiger partial charge in [0.2, 0.25) is 0 Å². The molecule has 0 bridgehead atoms. The van der Waals surface area contributed by atoms with Crippen molar-refractivity contribution in [2.45, 2.75) is 58.0 Å². The maximum atomic E-state index is 5.37. The number of nitrogens with one attached hydrogen (secondary N) is 1. The van der Waals surface area contributed by atoms with Gasteiger partial charge in [-0.2, -0.15) is 0 Å². The molecular weight excluding hydrogens is 198 g/mol. The van der Waals surface area contributed by atoms with Crippen LogP contribution in [0.1, 0.15) is 45.3 Å². The van der Waals surface area contributed by atoms with Crippen LogP contribution in [0.15, 0.2) is 22.8 Å². The summed E-state index contributed by atoms with van der Waals surface area (Å²) < 4.78 is 5.37. The van der Waals surface area contributed by atoms with Gasteiger partial charge in [-0.15, -0.1) is 0 Å². The molecule has 1 saturated carbocycles. The van der Waals surface area contributed by atoms with Crippen molar-refractivity contribution in [3.8, 4) is 0 Å². The molecule has 3 unspecified atom stereocenters. The minimum Gasteiger partial charge on any atom is -0.469 e. The van der Waals surface area contributed by atoms with Crippen molar-refractivity contribution < 1.29 is 4.42 Å². The van der Waals surface area contributed by atoms with Gasteiger partial charge in [0.15, 0.2) is 0 Å². The van der Waals surface area contributed by atoms with Crippen LogP contribution in [-0.4, -0.2) is 12.1 Å². The Balaban J connectivity index is 1.73. The van der Waals surface area contributed by atoms with Gasteiger partial charge >= 0.3 is 0 Å². The fraction of sp³-hybridized carbons (Fsp3) is 0.714. The lowest BCUT2D eigenvalue weighted by Crippen LogP contribution is -2.36. The molecule has 0 saturated heterocycles. The molecule has 0 aliphatic heterocycles. The van der Waals surface area contributed by atoms with E-state index in [9.17, 15) is 0 Å². The predicted octanol–water partition coefficient (Wildman–Crippen LogP) is 3.38. The lowest BCUT2D eigenvalue weighted by atomic mass is 10.1. The largest absolute Gasteiger partial charge is 0.469 e. The smallest absolute Gasteiger partial charge is 0.105 e. The second-order valence-corrected chi connectivity index (χ2v) is 5.14. The van der Waals surface area contributed by atoms with Crippen LogP contribution in [0.3, 0.4) is 0 Å². The second kappa shape index (κ2) is 5.53. The first kappa shape index (κ1) is 11.7. The highest BCUT2D eigenvalue weighted by molar-refractivity contribution is 5.00. The van der Waals surface area contributed by atoms with E-state index in [1.807, 2.05) is 6.07 Å². The van der Waals surface area contributed by atoms with Crippen LogP contribution in [0.5, 0.6) is 0 Å². The Morgan fingerprint density at radius 2 is 2.38 bits per heavy atom. The molecule has 1 fully saturated rings. The molecule has 0 spiro atoms. The molecule has 3 atom stereocenters. The first-order chi connectivity index (χ1) is 7.78. The van der Waals surface area contributed by atoms with Crippen molar-refractivity contribution in [3.63, 3.8) is 0 Å². The van der Waals surface area contributed by atoms with E-state index in [-0.39, 0.29) is 0 Å². The summed E-state index contributed by atoms with van der Waals surface area (Å²) in [6, 6.07) is 5.27. The molecule has 90 valence electrons. The maximum absolute atomic E-state index is 5.37. The third-order valence-corrected chi connectivity index (χ3v) is 3.73. The Hall–Kier alpha value is -0.760. The van der Waals surface area contributed by atoms with Crippen LogP contribution in [0.2, 0.25) is 0 Å². The molecule has 16 heavy (non-hydrogen) atoms. The van der Waals surface area contributed by atoms with Crippen LogP contribution < -0.4 is 5.32 Å². The van der Waals surface area contributed by atoms with Crippen molar-refractivity contribution in [1.82, 2.24) is 5.32 Å². The third-order valence-electron chi connectivity index (χ3n) is 3.73. The fourth-order valence-electron chi connectivity index (χ4n) is 2.79. The van der Waals surface area contributed by atoms with E-state index < -0.39 is 0 Å². The molecule has 1 heterocycles. The first-order valence-electron chi connectivity index (χ1n) is 6.56. The summed E-state index contributed by atoms with van der Waals surface area (Å²) in [5.41, 5.74) is 0. The Labute approximate surface area is 98.4 Å². The van der Waals surface area contributed by atoms with E-state index in [1.165, 1.54) is 25.7 Å². The summed E-state index contributed by atoms with van der Waals surface area (Å²) in [4.78, 5) is 0. The second-order valence-electron chi connectivity index (χ2n) is 5.14. The van der Waals surface area contributed by atoms with Crippen molar-refractivity contribution >= 4 is 0 Å². The van der Waals surface area contributed by atoms with Gasteiger partial charge in [0.25, 0.3) is 0 Å². The molecule has 1 aromatic heterocycles. The summed E-state index contributed by atoms with van der Waals surface area (Å²) in [5.74, 6) is 2.04. The molecule has 1 aromatic rings. The molecule has 0 aromatic carbocycles. The van der Waals surface area contributed by atoms with E-state index in [1.54, 1.807) is 6.26 Å². The SMILES string of the molecule is CCC1CCC(NC(C)Cc2ccco2)C1. The zero-order chi connectivity index (χ0) is 11.4. The highest BCUT2D eigenvalue weighted by Crippen LogP contribution is 2.28. The van der Waals surface area contributed by atoms with Gasteiger partial charge in [-0.3, -0.25) is 0 Å². The van der Waals surface area contributed by atoms with Gasteiger partial charge < -0.3 is 9.73 Å². The quantitative estimate of drug-likeness (QED) is 0.824. The van der Waals surface area contributed by atoms with E-state index in [0.717, 1.165) is 24.1 Å². The molecule has 0 amide bonds. The summed E-state index contributed by atoms with van der Waals surface area (Å²) in [6.45, 7) is 4.56. The average Bonchev–Trinajstić information content (AvgIpc) is 2.89. The van der Waals surface area contributed by atoms with Crippen molar-refractivity contribution in [2.24, 2.45) is 5.92 Å². The van der Waals surface area contributed by atoms with E-state index in [4.69, 9.17) is 4.42 Å². The lowest BCUT2D eigenvalue weighted by Gasteiger charge is -2.18. The van der Waals surface area contributed by atoms with Crippen molar-refractivity contribution in [2.75, 3.05) is 0 Å². The number of hydrogen-bond donors (Lipinski definition) is 1. The number of hydrogen-bond acceptors (Lipinski definition) is 2. The third kappa shape index (κ3) is 3.11. The van der Waals surface area contributed by atoms with E-state index in [2.05, 4.69) is 25.2 Å². The normalized spacial score (nSPS) is 27.1. The highest BCUT2D eigenvalue weighted by atomic mass is 16.3. The highest BCUT2D eigenvalue weighted by Gasteiger charge is 2.24. The van der Waals surface area contributed by atoms with Crippen LogP contribution in [-0.2, 0) is 6.42 Å². The van der Waals surface area contributed by atoms with Crippen LogP contribution in [0, 0.1) is 5.92 Å². The number of furan rings is 1. The van der Waals surface area contributed by atoms with Gasteiger partial charge in [-0.05, 0) is 44.2 Å². The molecule has 1 N–H and O–H groups in total. The predicted molar refractivity (Wildman–Crippen MR) is 66.4 cm³/mol. The average molecular weight is 221 g/mol. The van der Waals surface area contributed by atoms with Gasteiger partial charge in [0, 0.05) is 18.5 Å². The monoisotopic (exact) mass is 221 g/mol. The Morgan fingerprint density at radius 3 is 3.00 bits per heavy atom. The van der Waals surface area contributed by atoms with Crippen molar-refractivity contribution in [1.29, 1.82) is 0 Å². The van der Waals surface area contributed by atoms with Crippen molar-refractivity contribution in [3.05, 3.63) is 24.2 Å². The summed E-state index contributed by atoms with van der Waals surface area (Å²) in [7, 11) is 0. The maximum Gasteiger partial charge on any atom is 0.105 e. The minimum absolute atomic E-state index is 0.520. The van der Waals surface area contributed by atoms with Gasteiger partial charge in [-0.25, -0.2) is 0 Å². The minimum atomic E-state index is 0.520. The summed E-state index contributed by atoms with van der Waals surface area (Å²) in [6.07, 6.45) is 8.21. The van der Waals surface area contributed by atoms with Crippen LogP contribution >= 0.6 is 0 Å². The zero-order valence-electron chi connectivity index (χ0n) is 10.4. The Bertz CT molecular complexity index is 294. The summed E-state index contributed by atoms with van der Waals surface area (Å²) >= 11 is 0. The molecule has 1 aliphatic carbocycles. The van der Waals surface area contributed by atoms with Gasteiger partial charge in [-0.1, -0.05) is 13.3 Å². The van der Waals surface area contributed by atoms with Crippen LogP contribution in [0.4, 0.5) is 0 Å². The topological polar surface area (TPSA) is 25.2 Å². The first-order valence-corrected chi connectivity index (χ1v) is 6.56. The fourth-order valence-corrected chi connectivity index (χ4v) is 2.79. The zero-order valence-corrected chi connectivity index (χ0v) is 10.4. The standard InChI is InChI=1S/C14H23NO/c1-3-12-6-7-13(10-12)15-11(2)9-14-5-4-8-16-14/h4-5,8,11-13,15H,3,6-7,9-10H2,1-2H3. The van der Waals surface area contributed by atoms with Gasteiger partial charge in [0.1, 0.15) is 5.76 Å². The Morgan fingerprint density at radius 1 is 1.50 bits per heavy atom. The summed E-state index contributed by atoms with van der Waals surface area (Å²) in [5, 5.41) is 3.72. The van der Waals surface area contributed by atoms with E-state index >= 15 is 0 Å². The number of rotatable bonds is 5. The molecule has 2 nitrogen and oxygen atoms in total. The molecular formula is C14H23NO. The van der Waals surface area contributed by atoms with E-state index in [0.29, 0.717) is 6.04 Å². The molecule has 2 rings (SSSR count). The van der Waals surface area contributed by atoms with Crippen LogP contribution in [0.25, 0.3) is 0 Å². The molecule has 1 aliphatic rings. The lowest BCUT2D eigenvalue weighted by molar-refractivity contribution is 0.403.